The highest BCUT2D eigenvalue weighted by Crippen LogP contribution is 2.34. The average molecular weight is 284 g/mol. The zero-order chi connectivity index (χ0) is 15.2. The van der Waals surface area contributed by atoms with E-state index in [1.54, 1.807) is 6.92 Å². The monoisotopic (exact) mass is 284 g/mol. The Morgan fingerprint density at radius 3 is 2.81 bits per heavy atom. The quantitative estimate of drug-likeness (QED) is 0.628. The van der Waals surface area contributed by atoms with E-state index in [1.165, 1.54) is 0 Å². The van der Waals surface area contributed by atoms with E-state index in [1.807, 2.05) is 38.1 Å². The fourth-order valence-electron chi connectivity index (χ4n) is 2.30. The minimum atomic E-state index is -0.306. The van der Waals surface area contributed by atoms with Crippen LogP contribution in [0, 0.1) is 11.8 Å². The molecule has 0 radical (unpaired) electrons. The molecule has 3 nitrogen and oxygen atoms in total. The van der Waals surface area contributed by atoms with Gasteiger partial charge in [0.15, 0.2) is 6.10 Å². The van der Waals surface area contributed by atoms with Crippen molar-refractivity contribution < 1.29 is 14.3 Å². The van der Waals surface area contributed by atoms with E-state index in [-0.39, 0.29) is 12.1 Å². The van der Waals surface area contributed by atoms with Crippen LogP contribution in [0.2, 0.25) is 0 Å². The molecule has 0 aromatic heterocycles. The lowest BCUT2D eigenvalue weighted by atomic mass is 10.1. The summed E-state index contributed by atoms with van der Waals surface area (Å²) in [6, 6.07) is 7.88. The molecule has 0 bridgehead atoms. The van der Waals surface area contributed by atoms with Gasteiger partial charge in [-0.25, -0.2) is 4.79 Å². The standard InChI is InChI=1S/C18H20O3/c1-4-6-9-13(3)21-17-15-11-8-7-10-14(15)12-16(17)18(19)20-5-2/h7-8,10-11,13H,4-5,12H2,1-3H3/t13-/m0/s1. The average Bonchev–Trinajstić information content (AvgIpc) is 2.84. The summed E-state index contributed by atoms with van der Waals surface area (Å²) >= 11 is 0. The van der Waals surface area contributed by atoms with Crippen LogP contribution in [-0.2, 0) is 20.7 Å². The number of esters is 1. The lowest BCUT2D eigenvalue weighted by molar-refractivity contribution is -0.138. The Morgan fingerprint density at radius 2 is 2.10 bits per heavy atom. The molecule has 21 heavy (non-hydrogen) atoms. The molecule has 0 spiro atoms. The number of carbonyl (C=O) groups excluding carboxylic acids is 1. The van der Waals surface area contributed by atoms with E-state index >= 15 is 0 Å². The van der Waals surface area contributed by atoms with Crippen LogP contribution in [0.25, 0.3) is 5.76 Å². The molecule has 0 heterocycles. The summed E-state index contributed by atoms with van der Waals surface area (Å²) in [5, 5.41) is 0. The van der Waals surface area contributed by atoms with E-state index in [0.717, 1.165) is 17.5 Å². The summed E-state index contributed by atoms with van der Waals surface area (Å²) in [6.07, 6.45) is 1.09. The van der Waals surface area contributed by atoms with Gasteiger partial charge in [0, 0.05) is 18.4 Å². The molecule has 0 saturated carbocycles. The predicted octanol–water partition coefficient (Wildman–Crippen LogP) is 3.34. The van der Waals surface area contributed by atoms with Gasteiger partial charge >= 0.3 is 5.97 Å². The van der Waals surface area contributed by atoms with Crippen LogP contribution >= 0.6 is 0 Å². The first-order valence-corrected chi connectivity index (χ1v) is 7.30. The van der Waals surface area contributed by atoms with Crippen LogP contribution in [0.4, 0.5) is 0 Å². The Bertz CT molecular complexity index is 617. The molecule has 0 unspecified atom stereocenters. The van der Waals surface area contributed by atoms with Crippen molar-refractivity contribution in [3.05, 3.63) is 41.0 Å². The first kappa shape index (κ1) is 15.2. The predicted molar refractivity (Wildman–Crippen MR) is 82.3 cm³/mol. The summed E-state index contributed by atoms with van der Waals surface area (Å²) < 4.78 is 11.1. The van der Waals surface area contributed by atoms with Gasteiger partial charge in [-0.05, 0) is 19.4 Å². The maximum absolute atomic E-state index is 12.1. The van der Waals surface area contributed by atoms with Gasteiger partial charge in [0.2, 0.25) is 0 Å². The lowest BCUT2D eigenvalue weighted by Gasteiger charge is -2.13. The number of benzene rings is 1. The molecule has 1 aromatic rings. The number of carbonyl (C=O) groups is 1. The first-order chi connectivity index (χ1) is 10.2. The van der Waals surface area contributed by atoms with Gasteiger partial charge in [-0.2, -0.15) is 0 Å². The minimum Gasteiger partial charge on any atom is -0.477 e. The van der Waals surface area contributed by atoms with Crippen molar-refractivity contribution in [2.24, 2.45) is 0 Å². The zero-order valence-corrected chi connectivity index (χ0v) is 12.7. The number of fused-ring (bicyclic) bond motifs is 1. The summed E-state index contributed by atoms with van der Waals surface area (Å²) in [4.78, 5) is 12.1. The van der Waals surface area contributed by atoms with E-state index in [2.05, 4.69) is 11.8 Å². The first-order valence-electron chi connectivity index (χ1n) is 7.30. The van der Waals surface area contributed by atoms with Crippen LogP contribution in [0.15, 0.2) is 29.8 Å². The highest BCUT2D eigenvalue weighted by atomic mass is 16.5. The zero-order valence-electron chi connectivity index (χ0n) is 12.7. The highest BCUT2D eigenvalue weighted by molar-refractivity contribution is 5.99. The summed E-state index contributed by atoms with van der Waals surface area (Å²) in [7, 11) is 0. The molecule has 0 aliphatic heterocycles. The van der Waals surface area contributed by atoms with Crippen molar-refractivity contribution in [3.8, 4) is 11.8 Å². The van der Waals surface area contributed by atoms with Crippen molar-refractivity contribution in [1.82, 2.24) is 0 Å². The second-order valence-corrected chi connectivity index (χ2v) is 4.80. The van der Waals surface area contributed by atoms with Crippen molar-refractivity contribution >= 4 is 11.7 Å². The third-order valence-electron chi connectivity index (χ3n) is 3.20. The fourth-order valence-corrected chi connectivity index (χ4v) is 2.30. The smallest absolute Gasteiger partial charge is 0.338 e. The summed E-state index contributed by atoms with van der Waals surface area (Å²) in [5.41, 5.74) is 2.64. The van der Waals surface area contributed by atoms with Crippen LogP contribution in [0.3, 0.4) is 0 Å². The van der Waals surface area contributed by atoms with Crippen molar-refractivity contribution in [3.63, 3.8) is 0 Å². The SMILES string of the molecule is CCC#C[C@H](C)OC1=C(C(=O)OCC)Cc2ccccc21. The number of ether oxygens (including phenoxy) is 2. The van der Waals surface area contributed by atoms with Gasteiger partial charge in [0.1, 0.15) is 5.76 Å². The van der Waals surface area contributed by atoms with Crippen molar-refractivity contribution in [2.75, 3.05) is 6.61 Å². The van der Waals surface area contributed by atoms with Gasteiger partial charge in [-0.3, -0.25) is 0 Å². The maximum atomic E-state index is 12.1. The van der Waals surface area contributed by atoms with Gasteiger partial charge < -0.3 is 9.47 Å². The Labute approximate surface area is 126 Å². The molecule has 1 atom stereocenters. The van der Waals surface area contributed by atoms with Gasteiger partial charge in [-0.1, -0.05) is 43.0 Å². The molecule has 0 fully saturated rings. The normalized spacial score (nSPS) is 14.0. The third kappa shape index (κ3) is 3.46. The molecule has 2 rings (SSSR count). The second kappa shape index (κ2) is 6.99. The van der Waals surface area contributed by atoms with E-state index < -0.39 is 0 Å². The Balaban J connectivity index is 2.32. The lowest BCUT2D eigenvalue weighted by Crippen LogP contribution is -2.11. The van der Waals surface area contributed by atoms with Crippen molar-refractivity contribution in [2.45, 2.75) is 39.7 Å². The molecule has 0 N–H and O–H groups in total. The molecule has 1 aliphatic carbocycles. The minimum absolute atomic E-state index is 0.254. The largest absolute Gasteiger partial charge is 0.477 e. The fraction of sp³-hybridized carbons (Fsp3) is 0.389. The molecule has 1 aliphatic rings. The molecule has 0 amide bonds. The molecule has 0 saturated heterocycles. The van der Waals surface area contributed by atoms with Crippen LogP contribution in [0.5, 0.6) is 0 Å². The van der Waals surface area contributed by atoms with E-state index in [9.17, 15) is 4.79 Å². The van der Waals surface area contributed by atoms with Gasteiger partial charge in [0.05, 0.1) is 12.2 Å². The molecular formula is C18H20O3. The summed E-state index contributed by atoms with van der Waals surface area (Å²) in [5.74, 6) is 6.33. The Hall–Kier alpha value is -2.21. The highest BCUT2D eigenvalue weighted by Gasteiger charge is 2.29. The molecule has 1 aromatic carbocycles. The second-order valence-electron chi connectivity index (χ2n) is 4.80. The van der Waals surface area contributed by atoms with E-state index in [0.29, 0.717) is 24.4 Å². The number of rotatable bonds is 4. The Kier molecular flexibility index (Phi) is 5.05. The third-order valence-corrected chi connectivity index (χ3v) is 3.20. The van der Waals surface area contributed by atoms with Crippen LogP contribution < -0.4 is 0 Å². The number of hydrogen-bond acceptors (Lipinski definition) is 3. The van der Waals surface area contributed by atoms with Crippen LogP contribution in [-0.4, -0.2) is 18.7 Å². The Morgan fingerprint density at radius 1 is 1.33 bits per heavy atom. The number of hydrogen-bond donors (Lipinski definition) is 0. The molecular weight excluding hydrogens is 264 g/mol. The molecule has 110 valence electrons. The van der Waals surface area contributed by atoms with Crippen LogP contribution in [0.1, 0.15) is 38.3 Å². The topological polar surface area (TPSA) is 35.5 Å². The van der Waals surface area contributed by atoms with Gasteiger partial charge in [-0.15, -0.1) is 0 Å². The van der Waals surface area contributed by atoms with Crippen molar-refractivity contribution in [1.29, 1.82) is 0 Å². The maximum Gasteiger partial charge on any atom is 0.338 e. The summed E-state index contributed by atoms with van der Waals surface area (Å²) in [6.45, 7) is 6.04. The molecule has 3 heteroatoms. The van der Waals surface area contributed by atoms with Gasteiger partial charge in [0.25, 0.3) is 0 Å². The van der Waals surface area contributed by atoms with E-state index in [4.69, 9.17) is 9.47 Å².